The zero-order valence-corrected chi connectivity index (χ0v) is 13.2. The molecule has 0 saturated carbocycles. The van der Waals surface area contributed by atoms with E-state index in [1.54, 1.807) is 11.3 Å². The Morgan fingerprint density at radius 1 is 1.40 bits per heavy atom. The monoisotopic (exact) mass is 296 g/mol. The van der Waals surface area contributed by atoms with E-state index in [1.807, 2.05) is 6.07 Å². The van der Waals surface area contributed by atoms with Gasteiger partial charge in [-0.1, -0.05) is 0 Å². The SMILES string of the molecule is COC(=O)Cc1ccc(CNC(C)CN2CCCC2)s1. The molecule has 0 bridgehead atoms. The molecule has 112 valence electrons. The van der Waals surface area contributed by atoms with Gasteiger partial charge in [0.2, 0.25) is 0 Å². The highest BCUT2D eigenvalue weighted by molar-refractivity contribution is 7.12. The fraction of sp³-hybridized carbons (Fsp3) is 0.667. The van der Waals surface area contributed by atoms with E-state index in [1.165, 1.54) is 37.9 Å². The van der Waals surface area contributed by atoms with Crippen molar-refractivity contribution in [1.29, 1.82) is 0 Å². The zero-order valence-electron chi connectivity index (χ0n) is 12.4. The molecule has 0 amide bonds. The number of hydrogen-bond donors (Lipinski definition) is 1. The molecule has 1 fully saturated rings. The maximum absolute atomic E-state index is 11.2. The Morgan fingerprint density at radius 2 is 2.10 bits per heavy atom. The van der Waals surface area contributed by atoms with Gasteiger partial charge in [0.15, 0.2) is 0 Å². The summed E-state index contributed by atoms with van der Waals surface area (Å²) in [5.41, 5.74) is 0. The van der Waals surface area contributed by atoms with Gasteiger partial charge in [-0.05, 0) is 45.0 Å². The van der Waals surface area contributed by atoms with Crippen molar-refractivity contribution in [2.45, 2.75) is 38.8 Å². The number of methoxy groups -OCH3 is 1. The molecule has 1 aromatic heterocycles. The van der Waals surface area contributed by atoms with Crippen molar-refractivity contribution < 1.29 is 9.53 Å². The highest BCUT2D eigenvalue weighted by Gasteiger charge is 2.14. The second-order valence-corrected chi connectivity index (χ2v) is 6.66. The number of nitrogens with zero attached hydrogens (tertiary/aromatic N) is 1. The second-order valence-electron chi connectivity index (χ2n) is 5.41. The Morgan fingerprint density at radius 3 is 2.80 bits per heavy atom. The lowest BCUT2D eigenvalue weighted by molar-refractivity contribution is -0.139. The molecule has 1 aliphatic heterocycles. The molecule has 1 saturated heterocycles. The number of ether oxygens (including phenoxy) is 1. The molecule has 0 aliphatic carbocycles. The summed E-state index contributed by atoms with van der Waals surface area (Å²) in [6.45, 7) is 6.73. The van der Waals surface area contributed by atoms with Gasteiger partial charge >= 0.3 is 5.97 Å². The minimum Gasteiger partial charge on any atom is -0.469 e. The number of thiophene rings is 1. The number of esters is 1. The van der Waals surface area contributed by atoms with Crippen LogP contribution in [0.4, 0.5) is 0 Å². The summed E-state index contributed by atoms with van der Waals surface area (Å²) in [5, 5.41) is 3.56. The van der Waals surface area contributed by atoms with Crippen LogP contribution in [0.5, 0.6) is 0 Å². The van der Waals surface area contributed by atoms with Crippen LogP contribution in [0, 0.1) is 0 Å². The van der Waals surface area contributed by atoms with E-state index < -0.39 is 0 Å². The first-order valence-corrected chi connectivity index (χ1v) is 8.09. The number of likely N-dealkylation sites (tertiary alicyclic amines) is 1. The Balaban J connectivity index is 1.71. The van der Waals surface area contributed by atoms with Gasteiger partial charge < -0.3 is 15.0 Å². The molecule has 1 atom stereocenters. The van der Waals surface area contributed by atoms with Gasteiger partial charge in [-0.25, -0.2) is 0 Å². The highest BCUT2D eigenvalue weighted by Crippen LogP contribution is 2.17. The topological polar surface area (TPSA) is 41.6 Å². The number of hydrogen-bond acceptors (Lipinski definition) is 5. The average Bonchev–Trinajstić information content (AvgIpc) is 3.08. The first kappa shape index (κ1) is 15.5. The van der Waals surface area contributed by atoms with Gasteiger partial charge in [0.1, 0.15) is 0 Å². The van der Waals surface area contributed by atoms with Gasteiger partial charge in [0, 0.05) is 28.9 Å². The highest BCUT2D eigenvalue weighted by atomic mass is 32.1. The smallest absolute Gasteiger partial charge is 0.310 e. The van der Waals surface area contributed by atoms with Crippen molar-refractivity contribution in [2.24, 2.45) is 0 Å². The summed E-state index contributed by atoms with van der Waals surface area (Å²) in [5.74, 6) is -0.172. The minimum atomic E-state index is -0.172. The molecule has 0 aromatic carbocycles. The molecule has 20 heavy (non-hydrogen) atoms. The number of nitrogens with one attached hydrogen (secondary N) is 1. The van der Waals surface area contributed by atoms with E-state index in [4.69, 9.17) is 0 Å². The van der Waals surface area contributed by atoms with E-state index in [-0.39, 0.29) is 5.97 Å². The van der Waals surface area contributed by atoms with E-state index >= 15 is 0 Å². The van der Waals surface area contributed by atoms with Gasteiger partial charge in [-0.3, -0.25) is 4.79 Å². The summed E-state index contributed by atoms with van der Waals surface area (Å²) in [7, 11) is 1.43. The molecule has 0 radical (unpaired) electrons. The lowest BCUT2D eigenvalue weighted by Gasteiger charge is -2.20. The second kappa shape index (κ2) is 7.76. The third-order valence-electron chi connectivity index (χ3n) is 3.62. The Hall–Kier alpha value is -0.910. The summed E-state index contributed by atoms with van der Waals surface area (Å²) < 4.78 is 4.68. The van der Waals surface area contributed by atoms with Crippen LogP contribution in [0.1, 0.15) is 29.5 Å². The molecule has 1 aliphatic rings. The fourth-order valence-electron chi connectivity index (χ4n) is 2.52. The maximum Gasteiger partial charge on any atom is 0.310 e. The van der Waals surface area contributed by atoms with E-state index in [9.17, 15) is 4.79 Å². The van der Waals surface area contributed by atoms with Crippen molar-refractivity contribution in [2.75, 3.05) is 26.7 Å². The predicted molar refractivity (Wildman–Crippen MR) is 82.0 cm³/mol. The third-order valence-corrected chi connectivity index (χ3v) is 4.70. The molecular weight excluding hydrogens is 272 g/mol. The molecule has 1 unspecified atom stereocenters. The summed E-state index contributed by atoms with van der Waals surface area (Å²) in [4.78, 5) is 16.1. The predicted octanol–water partition coefficient (Wildman–Crippen LogP) is 2.04. The quantitative estimate of drug-likeness (QED) is 0.782. The van der Waals surface area contributed by atoms with Crippen LogP contribution in [0.3, 0.4) is 0 Å². The van der Waals surface area contributed by atoms with Crippen molar-refractivity contribution in [3.8, 4) is 0 Å². The molecular formula is C15H24N2O2S. The largest absolute Gasteiger partial charge is 0.469 e. The number of carbonyl (C=O) groups is 1. The van der Waals surface area contributed by atoms with Crippen LogP contribution in [0.25, 0.3) is 0 Å². The standard InChI is InChI=1S/C15H24N2O2S/c1-12(11-17-7-3-4-8-17)16-10-14-6-5-13(20-14)9-15(18)19-2/h5-6,12,16H,3-4,7-11H2,1-2H3. The molecule has 2 rings (SSSR count). The molecule has 4 nitrogen and oxygen atoms in total. The molecule has 1 aromatic rings. The Bertz CT molecular complexity index is 427. The molecule has 5 heteroatoms. The molecule has 0 spiro atoms. The summed E-state index contributed by atoms with van der Waals surface area (Å²) >= 11 is 1.68. The molecule has 2 heterocycles. The van der Waals surface area contributed by atoms with E-state index in [2.05, 4.69) is 27.9 Å². The summed E-state index contributed by atoms with van der Waals surface area (Å²) in [6, 6.07) is 4.61. The van der Waals surface area contributed by atoms with Crippen LogP contribution in [-0.2, 0) is 22.5 Å². The average molecular weight is 296 g/mol. The minimum absolute atomic E-state index is 0.172. The van der Waals surface area contributed by atoms with Crippen molar-refractivity contribution >= 4 is 17.3 Å². The Labute approximate surface area is 125 Å². The Kier molecular flexibility index (Phi) is 6.01. The number of rotatable bonds is 7. The summed E-state index contributed by atoms with van der Waals surface area (Å²) in [6.07, 6.45) is 3.06. The van der Waals surface area contributed by atoms with Crippen LogP contribution < -0.4 is 5.32 Å². The van der Waals surface area contributed by atoms with Crippen LogP contribution >= 0.6 is 11.3 Å². The van der Waals surface area contributed by atoms with E-state index in [0.29, 0.717) is 12.5 Å². The van der Waals surface area contributed by atoms with Crippen LogP contribution in [-0.4, -0.2) is 43.7 Å². The van der Waals surface area contributed by atoms with Gasteiger partial charge in [-0.15, -0.1) is 11.3 Å². The lowest BCUT2D eigenvalue weighted by atomic mass is 10.3. The van der Waals surface area contributed by atoms with Crippen molar-refractivity contribution in [3.05, 3.63) is 21.9 Å². The third kappa shape index (κ3) is 4.89. The maximum atomic E-state index is 11.2. The molecule has 1 N–H and O–H groups in total. The normalized spacial score (nSPS) is 17.3. The lowest BCUT2D eigenvalue weighted by Crippen LogP contribution is -2.37. The van der Waals surface area contributed by atoms with Gasteiger partial charge in [0.05, 0.1) is 13.5 Å². The zero-order chi connectivity index (χ0) is 14.4. The van der Waals surface area contributed by atoms with Gasteiger partial charge in [0.25, 0.3) is 0 Å². The van der Waals surface area contributed by atoms with Crippen LogP contribution in [0.2, 0.25) is 0 Å². The first-order chi connectivity index (χ1) is 9.67. The number of carbonyl (C=O) groups excluding carboxylic acids is 1. The van der Waals surface area contributed by atoms with Crippen LogP contribution in [0.15, 0.2) is 12.1 Å². The van der Waals surface area contributed by atoms with E-state index in [0.717, 1.165) is 18.0 Å². The van der Waals surface area contributed by atoms with Crippen molar-refractivity contribution in [3.63, 3.8) is 0 Å². The fourth-order valence-corrected chi connectivity index (χ4v) is 3.47. The van der Waals surface area contributed by atoms with Gasteiger partial charge in [-0.2, -0.15) is 0 Å². The first-order valence-electron chi connectivity index (χ1n) is 7.27. The van der Waals surface area contributed by atoms with Crippen molar-refractivity contribution in [1.82, 2.24) is 10.2 Å².